The van der Waals surface area contributed by atoms with Crippen LogP contribution in [0.15, 0.2) is 41.8 Å². The Labute approximate surface area is 227 Å². The maximum Gasteiger partial charge on any atom is 0.162 e. The Morgan fingerprint density at radius 2 is 2.00 bits per heavy atom. The fourth-order valence-electron chi connectivity index (χ4n) is 7.64. The molecule has 4 rings (SSSR count). The van der Waals surface area contributed by atoms with Crippen molar-refractivity contribution in [3.05, 3.63) is 41.8 Å². The van der Waals surface area contributed by atoms with E-state index >= 15 is 0 Å². The monoisotopic (exact) mass is 528 g/mol. The van der Waals surface area contributed by atoms with Crippen LogP contribution in [-0.4, -0.2) is 64.5 Å². The third kappa shape index (κ3) is 6.14. The van der Waals surface area contributed by atoms with Crippen LogP contribution in [0.2, 0.25) is 0 Å². The summed E-state index contributed by atoms with van der Waals surface area (Å²) in [5.74, 6) is 1.33. The van der Waals surface area contributed by atoms with Crippen molar-refractivity contribution in [1.82, 2.24) is 20.2 Å². The number of aryl methyl sites for hydroxylation is 1. The largest absolute Gasteiger partial charge is 0.392 e. The highest BCUT2D eigenvalue weighted by atomic mass is 16.3. The van der Waals surface area contributed by atoms with Gasteiger partial charge in [-0.15, -0.1) is 10.2 Å². The molecule has 3 fully saturated rings. The Bertz CT molecular complexity index is 1010. The first kappa shape index (κ1) is 29.1. The molecule has 0 bridgehead atoms. The third-order valence-corrected chi connectivity index (χ3v) is 10.1. The standard InChI is InChI=1S/C30H48N4O4/c1-19(8-13-27(36)29(3,4)38)24-11-12-25-21(7-6-15-30(24,25)5)9-10-22-17-26(35)23(28(37)20(22)2)14-16-34-32-18-31-33-34/h9-10,18-19,23-28,35-38H,2,6-8,11-17H2,1,3-5H3/b21-9+,22-10-/t19-,23+,24-,25+,26-,27-,28-,30-/m1/s1. The topological polar surface area (TPSA) is 125 Å². The van der Waals surface area contributed by atoms with Crippen molar-refractivity contribution in [3.63, 3.8) is 0 Å². The number of hydrogen-bond donors (Lipinski definition) is 4. The van der Waals surface area contributed by atoms with Gasteiger partial charge in [-0.25, -0.2) is 0 Å². The minimum absolute atomic E-state index is 0.241. The van der Waals surface area contributed by atoms with Crippen molar-refractivity contribution in [2.45, 2.75) is 116 Å². The molecule has 0 unspecified atom stereocenters. The van der Waals surface area contributed by atoms with E-state index in [1.54, 1.807) is 13.8 Å². The van der Waals surface area contributed by atoms with Crippen LogP contribution in [0.1, 0.15) is 85.5 Å². The number of nitrogens with zero attached hydrogens (tertiary/aromatic N) is 4. The Hall–Kier alpha value is -1.87. The van der Waals surface area contributed by atoms with Crippen molar-refractivity contribution < 1.29 is 20.4 Å². The molecule has 0 amide bonds. The summed E-state index contributed by atoms with van der Waals surface area (Å²) in [5, 5.41) is 53.9. The fraction of sp³-hybridized carbons (Fsp3) is 0.767. The van der Waals surface area contributed by atoms with E-state index in [2.05, 4.69) is 48.0 Å². The smallest absolute Gasteiger partial charge is 0.162 e. The number of aliphatic hydroxyl groups is 4. The van der Waals surface area contributed by atoms with Crippen LogP contribution < -0.4 is 0 Å². The van der Waals surface area contributed by atoms with Gasteiger partial charge in [0.2, 0.25) is 0 Å². The lowest BCUT2D eigenvalue weighted by Gasteiger charge is -2.44. The summed E-state index contributed by atoms with van der Waals surface area (Å²) in [6.07, 6.45) is 12.1. The van der Waals surface area contributed by atoms with E-state index in [-0.39, 0.29) is 11.3 Å². The molecule has 0 aliphatic heterocycles. The van der Waals surface area contributed by atoms with Gasteiger partial charge in [0.1, 0.15) is 0 Å². The molecule has 1 aromatic rings. The van der Waals surface area contributed by atoms with E-state index in [0.717, 1.165) is 18.4 Å². The minimum Gasteiger partial charge on any atom is -0.392 e. The van der Waals surface area contributed by atoms with Crippen molar-refractivity contribution in [2.24, 2.45) is 29.1 Å². The molecule has 4 N–H and O–H groups in total. The van der Waals surface area contributed by atoms with Crippen LogP contribution in [0.5, 0.6) is 0 Å². The summed E-state index contributed by atoms with van der Waals surface area (Å²) >= 11 is 0. The third-order valence-electron chi connectivity index (χ3n) is 10.1. The number of rotatable bonds is 9. The Morgan fingerprint density at radius 3 is 2.68 bits per heavy atom. The molecule has 0 spiro atoms. The highest BCUT2D eigenvalue weighted by Crippen LogP contribution is 2.60. The average molecular weight is 529 g/mol. The molecule has 0 radical (unpaired) electrons. The van der Waals surface area contributed by atoms with Crippen molar-refractivity contribution in [1.29, 1.82) is 0 Å². The van der Waals surface area contributed by atoms with Gasteiger partial charge in [0.15, 0.2) is 6.33 Å². The van der Waals surface area contributed by atoms with Gasteiger partial charge in [-0.2, -0.15) is 4.80 Å². The molecule has 0 aromatic carbocycles. The second-order valence-corrected chi connectivity index (χ2v) is 13.0. The van der Waals surface area contributed by atoms with E-state index in [1.807, 2.05) is 0 Å². The summed E-state index contributed by atoms with van der Waals surface area (Å²) in [6, 6.07) is 0. The van der Waals surface area contributed by atoms with Gasteiger partial charge in [-0.3, -0.25) is 0 Å². The molecule has 8 nitrogen and oxygen atoms in total. The van der Waals surface area contributed by atoms with Crippen molar-refractivity contribution >= 4 is 0 Å². The Kier molecular flexibility index (Phi) is 8.97. The maximum absolute atomic E-state index is 11.0. The van der Waals surface area contributed by atoms with Gasteiger partial charge in [-0.05, 0) is 111 Å². The summed E-state index contributed by atoms with van der Waals surface area (Å²) in [6.45, 7) is 12.8. The molecule has 8 atom stereocenters. The summed E-state index contributed by atoms with van der Waals surface area (Å²) in [5.41, 5.74) is 2.29. The van der Waals surface area contributed by atoms with E-state index < -0.39 is 23.9 Å². The number of tetrazole rings is 1. The van der Waals surface area contributed by atoms with Crippen LogP contribution in [0.3, 0.4) is 0 Å². The molecule has 1 aromatic heterocycles. The second kappa shape index (κ2) is 11.7. The average Bonchev–Trinajstić information content (AvgIpc) is 3.50. The van der Waals surface area contributed by atoms with E-state index in [0.29, 0.717) is 49.1 Å². The molecule has 3 aliphatic rings. The van der Waals surface area contributed by atoms with Gasteiger partial charge < -0.3 is 20.4 Å². The quantitative estimate of drug-likeness (QED) is 0.382. The normalized spacial score (nSPS) is 36.0. The van der Waals surface area contributed by atoms with Crippen LogP contribution in [-0.2, 0) is 6.54 Å². The molecule has 8 heteroatoms. The zero-order chi connectivity index (χ0) is 27.7. The van der Waals surface area contributed by atoms with Crippen LogP contribution >= 0.6 is 0 Å². The number of aromatic nitrogens is 4. The summed E-state index contributed by atoms with van der Waals surface area (Å²) in [4.78, 5) is 1.48. The zero-order valence-corrected chi connectivity index (χ0v) is 23.6. The lowest BCUT2D eigenvalue weighted by Crippen LogP contribution is -2.39. The highest BCUT2D eigenvalue weighted by Gasteiger charge is 2.50. The lowest BCUT2D eigenvalue weighted by molar-refractivity contribution is -0.0554. The molecule has 0 saturated heterocycles. The molecule has 1 heterocycles. The lowest BCUT2D eigenvalue weighted by atomic mass is 9.60. The van der Waals surface area contributed by atoms with Gasteiger partial charge >= 0.3 is 0 Å². The van der Waals surface area contributed by atoms with E-state index in [9.17, 15) is 20.4 Å². The van der Waals surface area contributed by atoms with Crippen molar-refractivity contribution in [3.8, 4) is 0 Å². The van der Waals surface area contributed by atoms with Crippen LogP contribution in [0.25, 0.3) is 0 Å². The first-order valence-corrected chi connectivity index (χ1v) is 14.5. The Morgan fingerprint density at radius 1 is 1.24 bits per heavy atom. The molecule has 38 heavy (non-hydrogen) atoms. The maximum atomic E-state index is 11.0. The first-order valence-electron chi connectivity index (χ1n) is 14.5. The molecule has 212 valence electrons. The first-order chi connectivity index (χ1) is 17.9. The fourth-order valence-corrected chi connectivity index (χ4v) is 7.64. The SMILES string of the molecule is C=C1/C(=C\C=C2/CCC[C@]3(C)[C@@H]([C@H](C)CC[C@@H](O)C(C)(C)O)CC[C@@H]23)C[C@@H](O)[C@H](CCn2ncnn2)[C@@H]1O. The summed E-state index contributed by atoms with van der Waals surface area (Å²) < 4.78 is 0. The summed E-state index contributed by atoms with van der Waals surface area (Å²) in [7, 11) is 0. The number of aliphatic hydroxyl groups excluding tert-OH is 3. The number of fused-ring (bicyclic) bond motifs is 1. The molecule has 3 aliphatic carbocycles. The molecular formula is C30H48N4O4. The molecule has 3 saturated carbocycles. The van der Waals surface area contributed by atoms with Gasteiger partial charge in [0, 0.05) is 5.92 Å². The predicted molar refractivity (Wildman–Crippen MR) is 147 cm³/mol. The van der Waals surface area contributed by atoms with Crippen LogP contribution in [0, 0.1) is 29.1 Å². The van der Waals surface area contributed by atoms with Crippen LogP contribution in [0.4, 0.5) is 0 Å². The minimum atomic E-state index is -1.06. The number of hydrogen-bond acceptors (Lipinski definition) is 7. The molecular weight excluding hydrogens is 480 g/mol. The van der Waals surface area contributed by atoms with E-state index in [1.165, 1.54) is 42.4 Å². The zero-order valence-electron chi connectivity index (χ0n) is 23.6. The second-order valence-electron chi connectivity index (χ2n) is 13.0. The highest BCUT2D eigenvalue weighted by molar-refractivity contribution is 5.39. The van der Waals surface area contributed by atoms with Gasteiger partial charge in [-0.1, -0.05) is 38.2 Å². The van der Waals surface area contributed by atoms with E-state index in [4.69, 9.17) is 0 Å². The predicted octanol–water partition coefficient (Wildman–Crippen LogP) is 3.98. The van der Waals surface area contributed by atoms with Gasteiger partial charge in [0.05, 0.1) is 30.5 Å². The number of allylic oxidation sites excluding steroid dienone is 3. The van der Waals surface area contributed by atoms with Gasteiger partial charge in [0.25, 0.3) is 0 Å². The van der Waals surface area contributed by atoms with Crippen molar-refractivity contribution in [2.75, 3.05) is 0 Å². The Balaban J connectivity index is 1.41.